The third-order valence-electron chi connectivity index (χ3n) is 13.6. The van der Waals surface area contributed by atoms with Crippen molar-refractivity contribution in [3.63, 3.8) is 0 Å². The van der Waals surface area contributed by atoms with Gasteiger partial charge in [-0.2, -0.15) is 5.26 Å². The van der Waals surface area contributed by atoms with Crippen LogP contribution >= 0.6 is 0 Å². The Morgan fingerprint density at radius 1 is 0.588 bits per heavy atom. The Labute approximate surface area is 293 Å². The van der Waals surface area contributed by atoms with E-state index >= 15 is 0 Å². The lowest BCUT2D eigenvalue weighted by molar-refractivity contribution is 0.0914. The van der Waals surface area contributed by atoms with Crippen molar-refractivity contribution in [2.45, 2.75) is 49.9 Å². The summed E-state index contributed by atoms with van der Waals surface area (Å²) in [5.74, 6) is 1.37. The van der Waals surface area contributed by atoms with E-state index in [1.807, 2.05) is 0 Å². The molecule has 9 aromatic rings. The predicted octanol–water partition coefficient (Wildman–Crippen LogP) is 11.3. The molecule has 3 aromatic heterocycles. The van der Waals surface area contributed by atoms with Crippen molar-refractivity contribution in [1.29, 1.82) is 5.26 Å². The topological polar surface area (TPSA) is 50.2 Å². The number of benzene rings is 6. The van der Waals surface area contributed by atoms with Crippen LogP contribution in [0.1, 0.15) is 93.6 Å². The van der Waals surface area contributed by atoms with Gasteiger partial charge in [0, 0.05) is 61.3 Å². The molecule has 6 aromatic carbocycles. The molecule has 0 N–H and O–H groups in total. The van der Waals surface area contributed by atoms with E-state index < -0.39 is 0 Å². The van der Waals surface area contributed by atoms with Gasteiger partial charge in [-0.3, -0.25) is 4.79 Å². The third kappa shape index (κ3) is 3.05. The number of Topliss-reactive ketones (excluding diaryl/α,β-unsaturated/α-hetero) is 1. The fourth-order valence-corrected chi connectivity index (χ4v) is 11.6. The Morgan fingerprint density at radius 3 is 2.14 bits per heavy atom. The summed E-state index contributed by atoms with van der Waals surface area (Å²) in [5, 5.41) is 18.4. The van der Waals surface area contributed by atoms with Gasteiger partial charge in [0.15, 0.2) is 5.78 Å². The molecule has 0 saturated heterocycles. The maximum absolute atomic E-state index is 13.9. The van der Waals surface area contributed by atoms with E-state index in [4.69, 9.17) is 0 Å². The van der Waals surface area contributed by atoms with Crippen molar-refractivity contribution in [2.24, 2.45) is 5.92 Å². The maximum Gasteiger partial charge on any atom is 0.166 e. The van der Waals surface area contributed by atoms with Crippen molar-refractivity contribution < 1.29 is 4.79 Å². The zero-order valence-corrected chi connectivity index (χ0v) is 27.9. The van der Waals surface area contributed by atoms with Gasteiger partial charge < -0.3 is 8.97 Å². The number of nitrogens with zero attached hydrogens (tertiary/aromatic N) is 3. The van der Waals surface area contributed by atoms with Crippen molar-refractivity contribution in [2.75, 3.05) is 0 Å². The number of carbonyl (C=O) groups is 1. The second-order valence-electron chi connectivity index (χ2n) is 15.7. The normalized spacial score (nSPS) is 21.7. The summed E-state index contributed by atoms with van der Waals surface area (Å²) in [7, 11) is 0. The van der Waals surface area contributed by atoms with Crippen LogP contribution in [-0.4, -0.2) is 14.8 Å². The quantitative estimate of drug-likeness (QED) is 0.177. The van der Waals surface area contributed by atoms with Gasteiger partial charge in [0.1, 0.15) is 0 Å². The van der Waals surface area contributed by atoms with Gasteiger partial charge in [-0.05, 0) is 108 Å². The fraction of sp³-hybridized carbons (Fsp3) is 0.191. The number of nitriles is 1. The molecule has 4 nitrogen and oxygen atoms in total. The summed E-state index contributed by atoms with van der Waals surface area (Å²) in [6, 6.07) is 40.5. The molecule has 0 radical (unpaired) electrons. The Kier molecular flexibility index (Phi) is 4.77. The lowest BCUT2D eigenvalue weighted by Crippen LogP contribution is -2.26. The van der Waals surface area contributed by atoms with Crippen molar-refractivity contribution >= 4 is 65.7 Å². The molecule has 1 fully saturated rings. The maximum atomic E-state index is 13.9. The first-order valence-electron chi connectivity index (χ1n) is 18.6. The van der Waals surface area contributed by atoms with Crippen LogP contribution in [0.4, 0.5) is 0 Å². The average Bonchev–Trinajstić information content (AvgIpc) is 3.94. The van der Waals surface area contributed by atoms with E-state index in [1.165, 1.54) is 76.7 Å². The van der Waals surface area contributed by atoms with E-state index in [1.54, 1.807) is 0 Å². The molecule has 5 aliphatic carbocycles. The SMILES string of the molecule is N#Cc1cc2c(c3c1C1CCC3c3ccccc31)c1c3c(cc4c5cc6c(cc5n2c41)C(=O)C1CCC6C1)c1ccccc1n3-c1ccccc1. The molecular weight excluding hydrogens is 623 g/mol. The number of aromatic nitrogens is 2. The summed E-state index contributed by atoms with van der Waals surface area (Å²) >= 11 is 0. The van der Waals surface area contributed by atoms with Crippen molar-refractivity contribution in [3.8, 4) is 11.8 Å². The molecule has 4 heteroatoms. The molecule has 4 bridgehead atoms. The van der Waals surface area contributed by atoms with Crippen molar-refractivity contribution in [3.05, 3.63) is 142 Å². The van der Waals surface area contributed by atoms with Crippen LogP contribution in [0.25, 0.3) is 65.6 Å². The molecule has 0 aliphatic heterocycles. The average molecular weight is 654 g/mol. The second kappa shape index (κ2) is 9.05. The van der Waals surface area contributed by atoms with Gasteiger partial charge in [-0.15, -0.1) is 0 Å². The molecule has 4 atom stereocenters. The monoisotopic (exact) mass is 653 g/mol. The molecule has 1 saturated carbocycles. The van der Waals surface area contributed by atoms with Gasteiger partial charge in [-0.1, -0.05) is 60.7 Å². The standard InChI is InChI=1S/C47H31N3O/c48-23-26-19-40-43(42-32-17-16-31(41(26)42)28-10-4-5-11-29(28)32)44-45-35(30-12-6-7-13-38(30)49(45)27-8-2-1-3-9-27)21-36-34-20-33-24-14-15-25(18-24)47(51)37(33)22-39(34)50(40)46(36)44/h1-13,19-22,24-25,31-32H,14-18H2. The Balaban J connectivity index is 1.32. The van der Waals surface area contributed by atoms with Crippen LogP contribution in [-0.2, 0) is 0 Å². The molecule has 0 spiro atoms. The largest absolute Gasteiger partial charge is 0.309 e. The number of carbonyl (C=O) groups excluding carboxylic acids is 1. The van der Waals surface area contributed by atoms with Crippen LogP contribution in [0.3, 0.4) is 0 Å². The first-order chi connectivity index (χ1) is 25.2. The number of para-hydroxylation sites is 2. The zero-order valence-electron chi connectivity index (χ0n) is 27.9. The number of fused-ring (bicyclic) bond motifs is 15. The highest BCUT2D eigenvalue weighted by Crippen LogP contribution is 2.59. The Hall–Kier alpha value is -5.92. The number of hydrogen-bond donors (Lipinski definition) is 0. The molecule has 4 unspecified atom stereocenters. The highest BCUT2D eigenvalue weighted by molar-refractivity contribution is 6.35. The van der Waals surface area contributed by atoms with Gasteiger partial charge in [0.05, 0.1) is 39.2 Å². The highest BCUT2D eigenvalue weighted by Gasteiger charge is 2.43. The first kappa shape index (κ1) is 26.9. The molecule has 14 rings (SSSR count). The van der Waals surface area contributed by atoms with Crippen LogP contribution in [0.15, 0.2) is 103 Å². The van der Waals surface area contributed by atoms with Gasteiger partial charge in [0.2, 0.25) is 0 Å². The van der Waals surface area contributed by atoms with Crippen LogP contribution < -0.4 is 0 Å². The minimum absolute atomic E-state index is 0.151. The third-order valence-corrected chi connectivity index (χ3v) is 13.6. The molecule has 240 valence electrons. The predicted molar refractivity (Wildman–Crippen MR) is 204 cm³/mol. The minimum atomic E-state index is 0.151. The lowest BCUT2D eigenvalue weighted by atomic mass is 9.62. The fourth-order valence-electron chi connectivity index (χ4n) is 11.6. The van der Waals surface area contributed by atoms with Gasteiger partial charge in [0.25, 0.3) is 0 Å². The van der Waals surface area contributed by atoms with Crippen molar-refractivity contribution in [1.82, 2.24) is 8.97 Å². The Morgan fingerprint density at radius 2 is 1.31 bits per heavy atom. The Bertz CT molecular complexity index is 3120. The lowest BCUT2D eigenvalue weighted by Gasteiger charge is -2.41. The number of rotatable bonds is 1. The van der Waals surface area contributed by atoms with E-state index in [-0.39, 0.29) is 17.8 Å². The van der Waals surface area contributed by atoms with E-state index in [0.29, 0.717) is 11.7 Å². The summed E-state index contributed by atoms with van der Waals surface area (Å²) in [4.78, 5) is 13.9. The molecule has 0 amide bonds. The summed E-state index contributed by atoms with van der Waals surface area (Å²) < 4.78 is 4.92. The smallest absolute Gasteiger partial charge is 0.166 e. The van der Waals surface area contributed by atoms with E-state index in [0.717, 1.165) is 60.0 Å². The van der Waals surface area contributed by atoms with Gasteiger partial charge in [-0.25, -0.2) is 0 Å². The zero-order chi connectivity index (χ0) is 33.3. The minimum Gasteiger partial charge on any atom is -0.309 e. The molecule has 5 aliphatic rings. The van der Waals surface area contributed by atoms with Crippen LogP contribution in [0.5, 0.6) is 0 Å². The number of hydrogen-bond acceptors (Lipinski definition) is 2. The summed E-state index contributed by atoms with van der Waals surface area (Å²) in [6.07, 6.45) is 5.23. The highest BCUT2D eigenvalue weighted by atomic mass is 16.1. The van der Waals surface area contributed by atoms with Crippen LogP contribution in [0.2, 0.25) is 0 Å². The summed E-state index contributed by atoms with van der Waals surface area (Å²) in [5.41, 5.74) is 15.3. The summed E-state index contributed by atoms with van der Waals surface area (Å²) in [6.45, 7) is 0. The van der Waals surface area contributed by atoms with Crippen LogP contribution in [0, 0.1) is 17.2 Å². The van der Waals surface area contributed by atoms with E-state index in [2.05, 4.69) is 118 Å². The second-order valence-corrected chi connectivity index (χ2v) is 15.7. The van der Waals surface area contributed by atoms with Gasteiger partial charge >= 0.3 is 0 Å². The molecule has 3 heterocycles. The first-order valence-corrected chi connectivity index (χ1v) is 18.6. The molecular formula is C47H31N3O. The molecule has 51 heavy (non-hydrogen) atoms. The number of ketones is 1. The van der Waals surface area contributed by atoms with E-state index in [9.17, 15) is 10.1 Å².